The maximum atomic E-state index is 9.27. The van der Waals surface area contributed by atoms with Gasteiger partial charge in [-0.05, 0) is 44.4 Å². The van der Waals surface area contributed by atoms with Crippen molar-refractivity contribution >= 4 is 16.6 Å². The predicted octanol–water partition coefficient (Wildman–Crippen LogP) is 3.57. The normalized spacial score (nSPS) is 17.8. The van der Waals surface area contributed by atoms with Crippen molar-refractivity contribution < 1.29 is 0 Å². The molecule has 0 unspecified atom stereocenters. The van der Waals surface area contributed by atoms with Gasteiger partial charge in [-0.2, -0.15) is 5.26 Å². The number of nitrogens with zero attached hydrogens (tertiary/aromatic N) is 3. The molecule has 0 spiro atoms. The fourth-order valence-electron chi connectivity index (χ4n) is 3.48. The molecule has 1 saturated heterocycles. The Kier molecular flexibility index (Phi) is 5.27. The van der Waals surface area contributed by atoms with Gasteiger partial charge in [-0.3, -0.25) is 0 Å². The number of piperidine rings is 1. The number of pyridine rings is 2. The lowest BCUT2D eigenvalue weighted by Crippen LogP contribution is -2.38. The van der Waals surface area contributed by atoms with Gasteiger partial charge in [0.25, 0.3) is 0 Å². The molecule has 2 aromatic rings. The topological polar surface area (TPSA) is 73.6 Å². The highest BCUT2D eigenvalue weighted by molar-refractivity contribution is 5.87. The van der Waals surface area contributed by atoms with Crippen LogP contribution >= 0.6 is 0 Å². The summed E-state index contributed by atoms with van der Waals surface area (Å²) in [7, 11) is 0. The summed E-state index contributed by atoms with van der Waals surface area (Å²) in [6, 6.07) is 6.54. The highest BCUT2D eigenvalue weighted by Gasteiger charge is 2.17. The lowest BCUT2D eigenvalue weighted by Gasteiger charge is -2.24. The molecule has 1 aliphatic heterocycles. The average Bonchev–Trinajstić information content (AvgIpc) is 2.63. The van der Waals surface area contributed by atoms with Crippen molar-refractivity contribution in [3.05, 3.63) is 29.7 Å². The van der Waals surface area contributed by atoms with Gasteiger partial charge in [0.1, 0.15) is 17.6 Å². The van der Waals surface area contributed by atoms with Gasteiger partial charge in [-0.15, -0.1) is 0 Å². The van der Waals surface area contributed by atoms with Crippen LogP contribution in [0.4, 0.5) is 5.82 Å². The monoisotopic (exact) mass is 323 g/mol. The standard InChI is InChI=1S/C19H25N5/c1-3-13(4-2)19-17-9-18(23-15-6-5-7-21-12-15)22-11-14(17)8-16(10-20)24-19/h8-9,11,13,15,21H,3-7,12H2,1-2H3,(H,22,23)/t15-/m0/s1. The molecule has 5 heteroatoms. The fourth-order valence-corrected chi connectivity index (χ4v) is 3.48. The Bertz CT molecular complexity index is 739. The Morgan fingerprint density at radius 3 is 2.88 bits per heavy atom. The van der Waals surface area contributed by atoms with Crippen LogP contribution in [0.3, 0.4) is 0 Å². The smallest absolute Gasteiger partial charge is 0.141 e. The van der Waals surface area contributed by atoms with Gasteiger partial charge in [0.2, 0.25) is 0 Å². The van der Waals surface area contributed by atoms with E-state index in [1.54, 1.807) is 0 Å². The van der Waals surface area contributed by atoms with Gasteiger partial charge in [-0.25, -0.2) is 9.97 Å². The molecule has 0 aromatic carbocycles. The van der Waals surface area contributed by atoms with Gasteiger partial charge >= 0.3 is 0 Å². The van der Waals surface area contributed by atoms with Crippen LogP contribution in [-0.2, 0) is 0 Å². The molecule has 126 valence electrons. The van der Waals surface area contributed by atoms with E-state index in [9.17, 15) is 5.26 Å². The van der Waals surface area contributed by atoms with E-state index in [0.717, 1.165) is 54.6 Å². The first-order chi connectivity index (χ1) is 11.7. The molecule has 0 saturated carbocycles. The third-order valence-corrected chi connectivity index (χ3v) is 4.88. The quantitative estimate of drug-likeness (QED) is 0.880. The summed E-state index contributed by atoms with van der Waals surface area (Å²) in [5.41, 5.74) is 1.50. The number of hydrogen-bond donors (Lipinski definition) is 2. The van der Waals surface area contributed by atoms with Gasteiger partial charge in [0.05, 0.1) is 5.69 Å². The van der Waals surface area contributed by atoms with Gasteiger partial charge in [-0.1, -0.05) is 13.8 Å². The van der Waals surface area contributed by atoms with Gasteiger partial charge in [0.15, 0.2) is 0 Å². The van der Waals surface area contributed by atoms with Crippen molar-refractivity contribution in [1.29, 1.82) is 5.26 Å². The second kappa shape index (κ2) is 7.59. The number of nitrogens with one attached hydrogen (secondary N) is 2. The zero-order valence-electron chi connectivity index (χ0n) is 14.5. The largest absolute Gasteiger partial charge is 0.366 e. The second-order valence-electron chi connectivity index (χ2n) is 6.50. The number of hydrogen-bond acceptors (Lipinski definition) is 5. The van der Waals surface area contributed by atoms with Crippen molar-refractivity contribution in [2.24, 2.45) is 0 Å². The molecule has 0 amide bonds. The van der Waals surface area contributed by atoms with Crippen LogP contribution in [0.2, 0.25) is 0 Å². The molecule has 24 heavy (non-hydrogen) atoms. The number of anilines is 1. The van der Waals surface area contributed by atoms with E-state index in [4.69, 9.17) is 0 Å². The van der Waals surface area contributed by atoms with E-state index in [1.807, 2.05) is 12.3 Å². The SMILES string of the molecule is CCC(CC)c1nc(C#N)cc2cnc(N[C@H]3CCCNC3)cc12. The van der Waals surface area contributed by atoms with E-state index >= 15 is 0 Å². The molecule has 1 atom stereocenters. The zero-order valence-corrected chi connectivity index (χ0v) is 14.5. The first kappa shape index (κ1) is 16.7. The number of fused-ring (bicyclic) bond motifs is 1. The fraction of sp³-hybridized carbons (Fsp3) is 0.526. The summed E-state index contributed by atoms with van der Waals surface area (Å²) >= 11 is 0. The van der Waals surface area contributed by atoms with Gasteiger partial charge < -0.3 is 10.6 Å². The Morgan fingerprint density at radius 2 is 2.21 bits per heavy atom. The van der Waals surface area contributed by atoms with Crippen LogP contribution in [0.15, 0.2) is 18.3 Å². The van der Waals surface area contributed by atoms with Crippen molar-refractivity contribution in [2.75, 3.05) is 18.4 Å². The van der Waals surface area contributed by atoms with Crippen molar-refractivity contribution in [1.82, 2.24) is 15.3 Å². The molecule has 1 aliphatic rings. The van der Waals surface area contributed by atoms with Crippen molar-refractivity contribution in [3.8, 4) is 6.07 Å². The number of rotatable bonds is 5. The van der Waals surface area contributed by atoms with E-state index in [0.29, 0.717) is 17.7 Å². The van der Waals surface area contributed by atoms with Gasteiger partial charge in [0, 0.05) is 35.5 Å². The number of nitriles is 1. The van der Waals surface area contributed by atoms with Crippen LogP contribution in [0.1, 0.15) is 56.8 Å². The summed E-state index contributed by atoms with van der Waals surface area (Å²) in [5, 5.41) is 18.3. The predicted molar refractivity (Wildman–Crippen MR) is 97.1 cm³/mol. The molecule has 0 aliphatic carbocycles. The Labute approximate surface area is 143 Å². The van der Waals surface area contributed by atoms with Crippen LogP contribution in [0, 0.1) is 11.3 Å². The second-order valence-corrected chi connectivity index (χ2v) is 6.50. The Hall–Kier alpha value is -2.19. The first-order valence-electron chi connectivity index (χ1n) is 8.93. The van der Waals surface area contributed by atoms with E-state index < -0.39 is 0 Å². The van der Waals surface area contributed by atoms with Crippen LogP contribution < -0.4 is 10.6 Å². The van der Waals surface area contributed by atoms with Crippen LogP contribution in [0.5, 0.6) is 0 Å². The molecule has 0 radical (unpaired) electrons. The summed E-state index contributed by atoms with van der Waals surface area (Å²) in [4.78, 5) is 9.17. The lowest BCUT2D eigenvalue weighted by atomic mass is 9.94. The summed E-state index contributed by atoms with van der Waals surface area (Å²) < 4.78 is 0. The molecular weight excluding hydrogens is 298 g/mol. The van der Waals surface area contributed by atoms with Crippen molar-refractivity contribution in [2.45, 2.75) is 51.5 Å². The van der Waals surface area contributed by atoms with E-state index in [1.165, 1.54) is 6.42 Å². The highest BCUT2D eigenvalue weighted by atomic mass is 15.1. The molecular formula is C19H25N5. The third kappa shape index (κ3) is 3.49. The molecule has 1 fully saturated rings. The number of aromatic nitrogens is 2. The summed E-state index contributed by atoms with van der Waals surface area (Å²) in [5.74, 6) is 1.27. The molecule has 2 N–H and O–H groups in total. The maximum absolute atomic E-state index is 9.27. The Morgan fingerprint density at radius 1 is 1.38 bits per heavy atom. The average molecular weight is 323 g/mol. The zero-order chi connectivity index (χ0) is 16.9. The minimum Gasteiger partial charge on any atom is -0.366 e. The Balaban J connectivity index is 2.00. The van der Waals surface area contributed by atoms with Crippen LogP contribution in [0.25, 0.3) is 10.8 Å². The minimum atomic E-state index is 0.368. The van der Waals surface area contributed by atoms with E-state index in [2.05, 4.69) is 46.6 Å². The van der Waals surface area contributed by atoms with E-state index in [-0.39, 0.29) is 0 Å². The maximum Gasteiger partial charge on any atom is 0.141 e. The molecule has 0 bridgehead atoms. The lowest BCUT2D eigenvalue weighted by molar-refractivity contribution is 0.479. The highest BCUT2D eigenvalue weighted by Crippen LogP contribution is 2.30. The third-order valence-electron chi connectivity index (χ3n) is 4.88. The molecule has 3 heterocycles. The molecule has 2 aromatic heterocycles. The van der Waals surface area contributed by atoms with Crippen LogP contribution in [-0.4, -0.2) is 29.1 Å². The first-order valence-corrected chi connectivity index (χ1v) is 8.93. The summed E-state index contributed by atoms with van der Waals surface area (Å²) in [6.45, 7) is 6.43. The summed E-state index contributed by atoms with van der Waals surface area (Å²) in [6.07, 6.45) is 6.26. The molecule has 3 rings (SSSR count). The van der Waals surface area contributed by atoms with Crippen molar-refractivity contribution in [3.63, 3.8) is 0 Å². The minimum absolute atomic E-state index is 0.368. The molecule has 5 nitrogen and oxygen atoms in total.